The van der Waals surface area contributed by atoms with Crippen LogP contribution < -0.4 is 5.32 Å². The van der Waals surface area contributed by atoms with Crippen LogP contribution in [0, 0.1) is 11.3 Å². The van der Waals surface area contributed by atoms with Crippen molar-refractivity contribution in [1.82, 2.24) is 10.2 Å². The van der Waals surface area contributed by atoms with Gasteiger partial charge in [-0.15, -0.1) is 0 Å². The van der Waals surface area contributed by atoms with E-state index in [2.05, 4.69) is 17.1 Å². The molecule has 2 aliphatic heterocycles. The van der Waals surface area contributed by atoms with E-state index in [1.54, 1.807) is 0 Å². The number of likely N-dealkylation sites (tertiary alicyclic amines) is 1. The summed E-state index contributed by atoms with van der Waals surface area (Å²) in [6, 6.07) is 0. The molecular weight excluding hydrogens is 236 g/mol. The third kappa shape index (κ3) is 4.44. The second-order valence-electron chi connectivity index (χ2n) is 6.69. The van der Waals surface area contributed by atoms with E-state index in [1.165, 1.54) is 58.2 Å². The van der Waals surface area contributed by atoms with Crippen LogP contribution in [0.3, 0.4) is 0 Å². The van der Waals surface area contributed by atoms with E-state index in [0.29, 0.717) is 5.41 Å². The molecule has 0 radical (unpaired) electrons. The molecule has 0 bridgehead atoms. The molecule has 3 nitrogen and oxygen atoms in total. The average molecular weight is 268 g/mol. The van der Waals surface area contributed by atoms with Crippen molar-refractivity contribution in [2.45, 2.75) is 45.4 Å². The molecule has 0 aliphatic carbocycles. The Morgan fingerprint density at radius 2 is 1.89 bits per heavy atom. The molecule has 112 valence electrons. The number of nitrogens with one attached hydrogen (secondary N) is 1. The zero-order valence-corrected chi connectivity index (χ0v) is 12.9. The van der Waals surface area contributed by atoms with Crippen molar-refractivity contribution in [2.24, 2.45) is 11.3 Å². The molecule has 0 saturated carbocycles. The van der Waals surface area contributed by atoms with Gasteiger partial charge in [-0.2, -0.15) is 0 Å². The molecule has 0 unspecified atom stereocenters. The van der Waals surface area contributed by atoms with E-state index in [4.69, 9.17) is 4.74 Å². The van der Waals surface area contributed by atoms with E-state index in [-0.39, 0.29) is 0 Å². The Hall–Kier alpha value is -0.120. The first-order valence-electron chi connectivity index (χ1n) is 8.20. The van der Waals surface area contributed by atoms with Crippen LogP contribution in [0.4, 0.5) is 0 Å². The normalized spacial score (nSPS) is 25.6. The number of methoxy groups -OCH3 is 1. The molecule has 0 spiro atoms. The number of ether oxygens (including phenoxy) is 1. The van der Waals surface area contributed by atoms with Crippen LogP contribution in [-0.2, 0) is 4.74 Å². The largest absolute Gasteiger partial charge is 0.384 e. The average Bonchev–Trinajstić information content (AvgIpc) is 2.43. The molecule has 0 aromatic rings. The molecule has 0 aromatic heterocycles. The Morgan fingerprint density at radius 1 is 1.21 bits per heavy atom. The second kappa shape index (κ2) is 7.61. The highest BCUT2D eigenvalue weighted by molar-refractivity contribution is 4.88. The van der Waals surface area contributed by atoms with Gasteiger partial charge in [0.15, 0.2) is 0 Å². The van der Waals surface area contributed by atoms with Crippen LogP contribution in [0.2, 0.25) is 0 Å². The molecule has 2 saturated heterocycles. The fourth-order valence-corrected chi connectivity index (χ4v) is 3.93. The standard InChI is InChI=1S/C16H32N2O/c1-3-4-15-5-11-18(12-6-15)13-16(14-19-2)7-9-17-10-8-16/h15,17H,3-14H2,1-2H3. The fourth-order valence-electron chi connectivity index (χ4n) is 3.93. The van der Waals surface area contributed by atoms with Crippen molar-refractivity contribution in [3.8, 4) is 0 Å². The minimum absolute atomic E-state index is 0.414. The maximum Gasteiger partial charge on any atom is 0.0531 e. The van der Waals surface area contributed by atoms with Gasteiger partial charge < -0.3 is 15.0 Å². The number of nitrogens with zero attached hydrogens (tertiary/aromatic N) is 1. The molecule has 2 aliphatic rings. The number of piperidine rings is 2. The first kappa shape index (κ1) is 15.3. The first-order valence-corrected chi connectivity index (χ1v) is 8.20. The van der Waals surface area contributed by atoms with Gasteiger partial charge in [-0.05, 0) is 57.8 Å². The maximum atomic E-state index is 5.53. The summed E-state index contributed by atoms with van der Waals surface area (Å²) in [5.74, 6) is 0.993. The van der Waals surface area contributed by atoms with Crippen LogP contribution in [0.25, 0.3) is 0 Å². The molecule has 0 atom stereocenters. The zero-order valence-electron chi connectivity index (χ0n) is 12.9. The van der Waals surface area contributed by atoms with Crippen LogP contribution in [0.15, 0.2) is 0 Å². The van der Waals surface area contributed by atoms with Gasteiger partial charge in [0.1, 0.15) is 0 Å². The lowest BCUT2D eigenvalue weighted by molar-refractivity contribution is 0.0131. The summed E-state index contributed by atoms with van der Waals surface area (Å²) in [6.45, 7) is 9.44. The SMILES string of the molecule is CCCC1CCN(CC2(COC)CCNCC2)CC1. The summed E-state index contributed by atoms with van der Waals surface area (Å²) in [6.07, 6.45) is 8.15. The molecule has 19 heavy (non-hydrogen) atoms. The number of hydrogen-bond acceptors (Lipinski definition) is 3. The summed E-state index contributed by atoms with van der Waals surface area (Å²) in [5, 5.41) is 3.48. The van der Waals surface area contributed by atoms with Crippen LogP contribution in [-0.4, -0.2) is 51.3 Å². The molecule has 3 heteroatoms. The molecule has 2 fully saturated rings. The lowest BCUT2D eigenvalue weighted by Gasteiger charge is -2.43. The molecule has 0 amide bonds. The van der Waals surface area contributed by atoms with Crippen LogP contribution >= 0.6 is 0 Å². The smallest absolute Gasteiger partial charge is 0.0531 e. The Morgan fingerprint density at radius 3 is 2.47 bits per heavy atom. The van der Waals surface area contributed by atoms with Crippen LogP contribution in [0.5, 0.6) is 0 Å². The highest BCUT2D eigenvalue weighted by Crippen LogP contribution is 2.32. The molecule has 2 heterocycles. The van der Waals surface area contributed by atoms with Crippen LogP contribution in [0.1, 0.15) is 45.4 Å². The first-order chi connectivity index (χ1) is 9.28. The van der Waals surface area contributed by atoms with E-state index in [0.717, 1.165) is 25.6 Å². The highest BCUT2D eigenvalue weighted by atomic mass is 16.5. The lowest BCUT2D eigenvalue weighted by atomic mass is 9.78. The predicted octanol–water partition coefficient (Wildman–Crippen LogP) is 2.51. The van der Waals surface area contributed by atoms with E-state index in [1.807, 2.05) is 7.11 Å². The fraction of sp³-hybridized carbons (Fsp3) is 1.00. The Balaban J connectivity index is 1.81. The van der Waals surface area contributed by atoms with E-state index >= 15 is 0 Å². The van der Waals surface area contributed by atoms with Gasteiger partial charge in [0.25, 0.3) is 0 Å². The van der Waals surface area contributed by atoms with Gasteiger partial charge in [0.05, 0.1) is 6.61 Å². The number of rotatable bonds is 6. The summed E-state index contributed by atoms with van der Waals surface area (Å²) in [5.41, 5.74) is 0.414. The van der Waals surface area contributed by atoms with Crippen molar-refractivity contribution in [3.05, 3.63) is 0 Å². The van der Waals surface area contributed by atoms with Crippen molar-refractivity contribution < 1.29 is 4.74 Å². The second-order valence-corrected chi connectivity index (χ2v) is 6.69. The van der Waals surface area contributed by atoms with E-state index in [9.17, 15) is 0 Å². The minimum atomic E-state index is 0.414. The van der Waals surface area contributed by atoms with Gasteiger partial charge >= 0.3 is 0 Å². The van der Waals surface area contributed by atoms with Gasteiger partial charge in [-0.25, -0.2) is 0 Å². The molecule has 0 aromatic carbocycles. The summed E-state index contributed by atoms with van der Waals surface area (Å²) >= 11 is 0. The maximum absolute atomic E-state index is 5.53. The monoisotopic (exact) mass is 268 g/mol. The predicted molar refractivity (Wildman–Crippen MR) is 80.5 cm³/mol. The molecular formula is C16H32N2O. The topological polar surface area (TPSA) is 24.5 Å². The Bertz CT molecular complexity index is 238. The van der Waals surface area contributed by atoms with Gasteiger partial charge in [-0.1, -0.05) is 19.8 Å². The Labute approximate surface area is 119 Å². The van der Waals surface area contributed by atoms with Gasteiger partial charge in [0.2, 0.25) is 0 Å². The van der Waals surface area contributed by atoms with Gasteiger partial charge in [0, 0.05) is 19.1 Å². The summed E-state index contributed by atoms with van der Waals surface area (Å²) in [7, 11) is 1.86. The van der Waals surface area contributed by atoms with Crippen molar-refractivity contribution in [1.29, 1.82) is 0 Å². The Kier molecular flexibility index (Phi) is 6.11. The molecule has 1 N–H and O–H groups in total. The number of hydrogen-bond donors (Lipinski definition) is 1. The third-order valence-corrected chi connectivity index (χ3v) is 5.08. The zero-order chi connectivity index (χ0) is 13.6. The summed E-state index contributed by atoms with van der Waals surface area (Å²) < 4.78 is 5.53. The van der Waals surface area contributed by atoms with Crippen molar-refractivity contribution >= 4 is 0 Å². The van der Waals surface area contributed by atoms with Gasteiger partial charge in [-0.3, -0.25) is 0 Å². The molecule has 2 rings (SSSR count). The van der Waals surface area contributed by atoms with Crippen molar-refractivity contribution in [2.75, 3.05) is 46.4 Å². The van der Waals surface area contributed by atoms with E-state index < -0.39 is 0 Å². The quantitative estimate of drug-likeness (QED) is 0.801. The summed E-state index contributed by atoms with van der Waals surface area (Å²) in [4.78, 5) is 2.70. The third-order valence-electron chi connectivity index (χ3n) is 5.08. The van der Waals surface area contributed by atoms with Crippen molar-refractivity contribution in [3.63, 3.8) is 0 Å². The lowest BCUT2D eigenvalue weighted by Crippen LogP contribution is -2.49. The highest BCUT2D eigenvalue weighted by Gasteiger charge is 2.34. The minimum Gasteiger partial charge on any atom is -0.384 e.